The molecule has 0 bridgehead atoms. The minimum Gasteiger partial charge on any atom is -0.466 e. The number of unbranched alkanes of at least 4 members (excludes halogenated alkanes) is 5. The smallest absolute Gasteiger partial charge is 0.407 e. The van der Waals surface area contributed by atoms with Gasteiger partial charge in [-0.05, 0) is 130 Å². The number of Topliss-reactive ketones (excluding diaryl/α,β-unsaturated/α-hetero) is 1. The number of alkyl carbamates (subject to hydrolysis) is 1. The molecule has 0 heterocycles. The number of ether oxygens (including phenoxy) is 3. The normalized spacial score (nSPS) is 34.3. The molecule has 9 heteroatoms. The van der Waals surface area contributed by atoms with Gasteiger partial charge in [0.25, 0.3) is 0 Å². The van der Waals surface area contributed by atoms with E-state index in [4.69, 9.17) is 14.2 Å². The Morgan fingerprint density at radius 3 is 2.35 bits per heavy atom. The first-order chi connectivity index (χ1) is 24.8. The molecule has 0 spiro atoms. The maximum absolute atomic E-state index is 12.9. The van der Waals surface area contributed by atoms with Crippen LogP contribution in [0.15, 0.2) is 0 Å². The van der Waals surface area contributed by atoms with Crippen molar-refractivity contribution in [2.75, 3.05) is 26.2 Å². The largest absolute Gasteiger partial charge is 0.466 e. The van der Waals surface area contributed by atoms with Gasteiger partial charge < -0.3 is 24.8 Å². The molecule has 4 rings (SSSR count). The molecule has 0 aromatic heterocycles. The molecule has 0 saturated heterocycles. The van der Waals surface area contributed by atoms with Crippen molar-refractivity contribution in [3.63, 3.8) is 0 Å². The molecule has 2 N–H and O–H groups in total. The van der Waals surface area contributed by atoms with Gasteiger partial charge in [-0.1, -0.05) is 66.7 Å². The molecular formula is C43H74N2O7. The number of carbonyl (C=O) groups is 4. The molecule has 0 aromatic carbocycles. The van der Waals surface area contributed by atoms with Crippen LogP contribution in [0.1, 0.15) is 164 Å². The topological polar surface area (TPSA) is 120 Å². The van der Waals surface area contributed by atoms with Crippen molar-refractivity contribution < 1.29 is 33.4 Å². The summed E-state index contributed by atoms with van der Waals surface area (Å²) < 4.78 is 16.2. The molecule has 10 unspecified atom stereocenters. The van der Waals surface area contributed by atoms with Gasteiger partial charge in [-0.3, -0.25) is 14.4 Å². The number of carbonyl (C=O) groups excluding carboxylic acids is 4. The van der Waals surface area contributed by atoms with Crippen LogP contribution in [0.3, 0.4) is 0 Å². The zero-order valence-corrected chi connectivity index (χ0v) is 34.0. The second kappa shape index (κ2) is 19.4. The fourth-order valence-corrected chi connectivity index (χ4v) is 11.7. The predicted octanol–water partition coefficient (Wildman–Crippen LogP) is 8.95. The summed E-state index contributed by atoms with van der Waals surface area (Å²) in [5.41, 5.74) is 0.998. The Labute approximate surface area is 315 Å². The molecule has 4 aliphatic carbocycles. The summed E-state index contributed by atoms with van der Waals surface area (Å²) in [5.74, 6) is 2.97. The average Bonchev–Trinajstić information content (AvgIpc) is 3.43. The van der Waals surface area contributed by atoms with Crippen LogP contribution in [0.5, 0.6) is 0 Å². The Balaban J connectivity index is 1.14. The van der Waals surface area contributed by atoms with Gasteiger partial charge >= 0.3 is 18.0 Å². The highest BCUT2D eigenvalue weighted by atomic mass is 16.6. The van der Waals surface area contributed by atoms with Crippen molar-refractivity contribution >= 4 is 23.8 Å². The first-order valence-corrected chi connectivity index (χ1v) is 21.3. The Bertz CT molecular complexity index is 1190. The molecule has 0 aromatic rings. The second-order valence-electron chi connectivity index (χ2n) is 17.9. The zero-order chi connectivity index (χ0) is 37.9. The van der Waals surface area contributed by atoms with Gasteiger partial charge in [0, 0.05) is 19.5 Å². The molecule has 0 radical (unpaired) electrons. The van der Waals surface area contributed by atoms with E-state index in [9.17, 15) is 19.2 Å². The Morgan fingerprint density at radius 1 is 0.827 bits per heavy atom. The highest BCUT2D eigenvalue weighted by Crippen LogP contribution is 2.72. The van der Waals surface area contributed by atoms with E-state index in [1.807, 2.05) is 0 Å². The van der Waals surface area contributed by atoms with E-state index in [2.05, 4.69) is 45.3 Å². The Kier molecular flexibility index (Phi) is 15.9. The number of nitrogens with one attached hydrogen (secondary N) is 2. The molecule has 4 fully saturated rings. The van der Waals surface area contributed by atoms with Crippen molar-refractivity contribution in [1.82, 2.24) is 10.6 Å². The second-order valence-corrected chi connectivity index (χ2v) is 17.9. The highest BCUT2D eigenvalue weighted by molar-refractivity contribution is 5.85. The maximum Gasteiger partial charge on any atom is 0.407 e. The lowest BCUT2D eigenvalue weighted by atomic mass is 9.38. The summed E-state index contributed by atoms with van der Waals surface area (Å²) in [7, 11) is 0. The first-order valence-electron chi connectivity index (χ1n) is 21.3. The van der Waals surface area contributed by atoms with Crippen LogP contribution in [-0.2, 0) is 28.6 Å². The van der Waals surface area contributed by atoms with Gasteiger partial charge in [0.15, 0.2) is 11.9 Å². The molecule has 4 aliphatic rings. The van der Waals surface area contributed by atoms with Crippen LogP contribution in [-0.4, -0.2) is 62.3 Å². The van der Waals surface area contributed by atoms with Gasteiger partial charge in [0.1, 0.15) is 6.10 Å². The van der Waals surface area contributed by atoms with Crippen LogP contribution in [0.2, 0.25) is 0 Å². The van der Waals surface area contributed by atoms with Crippen molar-refractivity contribution in [2.24, 2.45) is 45.8 Å². The third-order valence-corrected chi connectivity index (χ3v) is 14.9. The van der Waals surface area contributed by atoms with Crippen molar-refractivity contribution in [3.05, 3.63) is 0 Å². The van der Waals surface area contributed by atoms with E-state index in [-0.39, 0.29) is 47.7 Å². The fraction of sp³-hybridized carbons (Fsp3) is 0.907. The van der Waals surface area contributed by atoms with Gasteiger partial charge in [0.2, 0.25) is 0 Å². The minimum atomic E-state index is -0.817. The molecule has 10 atom stereocenters. The summed E-state index contributed by atoms with van der Waals surface area (Å²) in [4.78, 5) is 48.8. The van der Waals surface area contributed by atoms with Crippen LogP contribution < -0.4 is 10.6 Å². The SMILES string of the molecule is CCCCCCC1CCC2C3CCC4(C)CC(OC(=O)NCCCCCC(=O)C(C)OC(=O)CNCCC(=O)OCC)CC(C)C4(C)C3CCC12C. The van der Waals surface area contributed by atoms with Crippen molar-refractivity contribution in [2.45, 2.75) is 176 Å². The molecule has 1 amide bonds. The van der Waals surface area contributed by atoms with Crippen LogP contribution in [0.4, 0.5) is 4.79 Å². The van der Waals surface area contributed by atoms with E-state index < -0.39 is 12.1 Å². The molecule has 52 heavy (non-hydrogen) atoms. The number of esters is 2. The van der Waals surface area contributed by atoms with E-state index in [0.717, 1.165) is 49.4 Å². The summed E-state index contributed by atoms with van der Waals surface area (Å²) in [6.45, 7) is 17.0. The summed E-state index contributed by atoms with van der Waals surface area (Å²) in [6.07, 6.45) is 18.6. The first kappa shape index (κ1) is 42.6. The lowest BCUT2D eigenvalue weighted by Crippen LogP contribution is -2.61. The third-order valence-electron chi connectivity index (χ3n) is 14.9. The van der Waals surface area contributed by atoms with E-state index in [1.165, 1.54) is 70.6 Å². The fourth-order valence-electron chi connectivity index (χ4n) is 11.7. The molecular weight excluding hydrogens is 656 g/mol. The van der Waals surface area contributed by atoms with E-state index in [1.54, 1.807) is 13.8 Å². The van der Waals surface area contributed by atoms with E-state index in [0.29, 0.717) is 43.9 Å². The lowest BCUT2D eigenvalue weighted by Gasteiger charge is -2.67. The monoisotopic (exact) mass is 731 g/mol. The van der Waals surface area contributed by atoms with E-state index >= 15 is 0 Å². The van der Waals surface area contributed by atoms with Crippen LogP contribution >= 0.6 is 0 Å². The van der Waals surface area contributed by atoms with Crippen LogP contribution in [0, 0.1) is 45.8 Å². The molecule has 9 nitrogen and oxygen atoms in total. The molecule has 4 saturated carbocycles. The highest BCUT2D eigenvalue weighted by Gasteiger charge is 2.65. The summed E-state index contributed by atoms with van der Waals surface area (Å²) in [6, 6.07) is 0. The maximum atomic E-state index is 12.9. The van der Waals surface area contributed by atoms with Gasteiger partial charge in [-0.15, -0.1) is 0 Å². The number of ketones is 1. The molecule has 298 valence electrons. The van der Waals surface area contributed by atoms with Crippen molar-refractivity contribution in [1.29, 1.82) is 0 Å². The summed E-state index contributed by atoms with van der Waals surface area (Å²) in [5, 5.41) is 5.80. The Morgan fingerprint density at radius 2 is 1.60 bits per heavy atom. The average molecular weight is 731 g/mol. The minimum absolute atomic E-state index is 0.0490. The third kappa shape index (κ3) is 10.1. The number of rotatable bonds is 20. The standard InChI is InChI=1S/C43H74N2O7/c1-8-10-11-13-16-32-18-19-35-34-20-23-41(5)28-33(27-30(3)43(41,7)36(34)21-24-42(32,35)6)52-40(49)45-25-15-12-14-17-37(46)31(4)51-39(48)29-44-26-22-38(47)50-9-2/h30-36,44H,8-29H2,1-7H3,(H,45,49). The van der Waals surface area contributed by atoms with Gasteiger partial charge in [-0.25, -0.2) is 4.79 Å². The zero-order valence-electron chi connectivity index (χ0n) is 34.0. The predicted molar refractivity (Wildman–Crippen MR) is 205 cm³/mol. The number of amides is 1. The van der Waals surface area contributed by atoms with Crippen LogP contribution in [0.25, 0.3) is 0 Å². The Hall–Kier alpha value is -2.16. The quantitative estimate of drug-likeness (QED) is 0.0724. The van der Waals surface area contributed by atoms with Gasteiger partial charge in [-0.2, -0.15) is 0 Å². The summed E-state index contributed by atoms with van der Waals surface area (Å²) >= 11 is 0. The number of fused-ring (bicyclic) bond motifs is 5. The van der Waals surface area contributed by atoms with Gasteiger partial charge in [0.05, 0.1) is 19.6 Å². The van der Waals surface area contributed by atoms with Crippen molar-refractivity contribution in [3.8, 4) is 0 Å². The number of hydrogen-bond acceptors (Lipinski definition) is 8. The molecule has 0 aliphatic heterocycles. The lowest BCUT2D eigenvalue weighted by molar-refractivity contribution is -0.195. The number of hydrogen-bond donors (Lipinski definition) is 2.